The summed E-state index contributed by atoms with van der Waals surface area (Å²) in [7, 11) is 2.85. The molecule has 1 heterocycles. The number of rotatable bonds is 7. The molecule has 1 aliphatic carbocycles. The van der Waals surface area contributed by atoms with E-state index in [1.807, 2.05) is 0 Å². The Morgan fingerprint density at radius 1 is 1.17 bits per heavy atom. The minimum absolute atomic E-state index is 0.0328. The number of carbonyl (C=O) groups is 2. The smallest absolute Gasteiger partial charge is 0.347 e. The van der Waals surface area contributed by atoms with E-state index in [1.54, 1.807) is 24.3 Å². The molecule has 4 rings (SSSR count). The Bertz CT molecular complexity index is 1340. The maximum absolute atomic E-state index is 13.2. The standard InChI is InChI=1S/C24H23ClF3N5O3/c1-31(2)22(35)20(15-4-3-5-16(12-15)24(26,27)28)29-19(34)13-32-23(36)33(18-10-11-18)21(30-32)14-6-8-17(25)9-7-14/h3-9,12,18,20H,10-11,13H2,1-2H3,(H,29,34). The number of nitrogens with one attached hydrogen (secondary N) is 1. The van der Waals surface area contributed by atoms with Crippen molar-refractivity contribution in [1.29, 1.82) is 0 Å². The predicted octanol–water partition coefficient (Wildman–Crippen LogP) is 3.66. The Kier molecular flexibility index (Phi) is 6.94. The van der Waals surface area contributed by atoms with E-state index >= 15 is 0 Å². The van der Waals surface area contributed by atoms with Gasteiger partial charge in [0, 0.05) is 30.7 Å². The number of hydrogen-bond donors (Lipinski definition) is 1. The van der Waals surface area contributed by atoms with Gasteiger partial charge in [-0.25, -0.2) is 9.48 Å². The zero-order chi connectivity index (χ0) is 26.2. The highest BCUT2D eigenvalue weighted by Gasteiger charge is 2.34. The van der Waals surface area contributed by atoms with Crippen LogP contribution >= 0.6 is 11.6 Å². The van der Waals surface area contributed by atoms with Gasteiger partial charge in [0.25, 0.3) is 0 Å². The number of halogens is 4. The molecule has 1 unspecified atom stereocenters. The van der Waals surface area contributed by atoms with Crippen molar-refractivity contribution in [3.05, 3.63) is 75.2 Å². The zero-order valence-electron chi connectivity index (χ0n) is 19.4. The van der Waals surface area contributed by atoms with Crippen LogP contribution in [-0.4, -0.2) is 45.2 Å². The number of hydrogen-bond acceptors (Lipinski definition) is 4. The van der Waals surface area contributed by atoms with Crippen LogP contribution in [0, 0.1) is 0 Å². The molecule has 1 atom stereocenters. The van der Waals surface area contributed by atoms with E-state index in [1.165, 1.54) is 30.8 Å². The quantitative estimate of drug-likeness (QED) is 0.514. The third-order valence-corrected chi connectivity index (χ3v) is 5.97. The summed E-state index contributed by atoms with van der Waals surface area (Å²) in [5.74, 6) is -0.996. The third-order valence-electron chi connectivity index (χ3n) is 5.72. The van der Waals surface area contributed by atoms with Crippen LogP contribution in [0.5, 0.6) is 0 Å². The maximum atomic E-state index is 13.2. The van der Waals surface area contributed by atoms with Crippen molar-refractivity contribution < 1.29 is 22.8 Å². The molecular weight excluding hydrogens is 499 g/mol. The number of amides is 2. The second-order valence-electron chi connectivity index (χ2n) is 8.73. The van der Waals surface area contributed by atoms with Crippen molar-refractivity contribution in [3.8, 4) is 11.4 Å². The Morgan fingerprint density at radius 2 is 1.83 bits per heavy atom. The van der Waals surface area contributed by atoms with Gasteiger partial charge < -0.3 is 10.2 Å². The molecule has 8 nitrogen and oxygen atoms in total. The molecule has 0 saturated heterocycles. The molecule has 0 aliphatic heterocycles. The molecule has 1 aromatic heterocycles. The number of alkyl halides is 3. The monoisotopic (exact) mass is 521 g/mol. The lowest BCUT2D eigenvalue weighted by atomic mass is 10.0. The van der Waals surface area contributed by atoms with Gasteiger partial charge in [-0.3, -0.25) is 14.2 Å². The Labute approximate surface area is 209 Å². The van der Waals surface area contributed by atoms with E-state index in [-0.39, 0.29) is 11.6 Å². The normalized spacial score (nSPS) is 14.4. The molecule has 2 amide bonds. The molecule has 1 N–H and O–H groups in total. The molecular formula is C24H23ClF3N5O3. The van der Waals surface area contributed by atoms with Gasteiger partial charge in [-0.1, -0.05) is 23.7 Å². The van der Waals surface area contributed by atoms with E-state index in [0.29, 0.717) is 16.4 Å². The van der Waals surface area contributed by atoms with E-state index < -0.39 is 41.8 Å². The average molecular weight is 522 g/mol. The highest BCUT2D eigenvalue weighted by molar-refractivity contribution is 6.30. The van der Waals surface area contributed by atoms with Crippen LogP contribution < -0.4 is 11.0 Å². The van der Waals surface area contributed by atoms with Crippen molar-refractivity contribution in [1.82, 2.24) is 24.6 Å². The Morgan fingerprint density at radius 3 is 2.42 bits per heavy atom. The van der Waals surface area contributed by atoms with E-state index in [9.17, 15) is 27.6 Å². The van der Waals surface area contributed by atoms with Gasteiger partial charge in [-0.05, 0) is 54.8 Å². The predicted molar refractivity (Wildman–Crippen MR) is 126 cm³/mol. The van der Waals surface area contributed by atoms with Crippen LogP contribution in [0.3, 0.4) is 0 Å². The summed E-state index contributed by atoms with van der Waals surface area (Å²) in [5.41, 5.74) is -0.827. The molecule has 2 aromatic carbocycles. The second-order valence-corrected chi connectivity index (χ2v) is 9.16. The van der Waals surface area contributed by atoms with Crippen LogP contribution in [0.2, 0.25) is 5.02 Å². The summed E-state index contributed by atoms with van der Waals surface area (Å²) in [6.07, 6.45) is -3.02. The second kappa shape index (κ2) is 9.81. The van der Waals surface area contributed by atoms with Crippen molar-refractivity contribution in [3.63, 3.8) is 0 Å². The van der Waals surface area contributed by atoms with Gasteiger partial charge in [0.05, 0.1) is 5.56 Å². The molecule has 12 heteroatoms. The number of aromatic nitrogens is 3. The van der Waals surface area contributed by atoms with E-state index in [0.717, 1.165) is 34.6 Å². The fourth-order valence-electron chi connectivity index (χ4n) is 3.76. The van der Waals surface area contributed by atoms with Crippen LogP contribution in [0.4, 0.5) is 13.2 Å². The lowest BCUT2D eigenvalue weighted by molar-refractivity contribution is -0.138. The van der Waals surface area contributed by atoms with Crippen LogP contribution in [0.1, 0.15) is 36.1 Å². The molecule has 0 radical (unpaired) electrons. The zero-order valence-corrected chi connectivity index (χ0v) is 20.2. The summed E-state index contributed by atoms with van der Waals surface area (Å²) in [6, 6.07) is 9.53. The van der Waals surface area contributed by atoms with Crippen molar-refractivity contribution in [2.75, 3.05) is 14.1 Å². The summed E-state index contributed by atoms with van der Waals surface area (Å²) in [6.45, 7) is -0.519. The first-order chi connectivity index (χ1) is 17.0. The molecule has 1 aliphatic rings. The maximum Gasteiger partial charge on any atom is 0.416 e. The van der Waals surface area contributed by atoms with E-state index in [4.69, 9.17) is 11.6 Å². The van der Waals surface area contributed by atoms with E-state index in [2.05, 4.69) is 10.4 Å². The van der Waals surface area contributed by atoms with Gasteiger partial charge >= 0.3 is 11.9 Å². The summed E-state index contributed by atoms with van der Waals surface area (Å²) >= 11 is 5.96. The van der Waals surface area contributed by atoms with Crippen LogP contribution in [-0.2, 0) is 22.3 Å². The van der Waals surface area contributed by atoms with Crippen LogP contribution in [0.25, 0.3) is 11.4 Å². The fraction of sp³-hybridized carbons (Fsp3) is 0.333. The molecule has 36 heavy (non-hydrogen) atoms. The minimum atomic E-state index is -4.62. The molecule has 3 aromatic rings. The molecule has 190 valence electrons. The highest BCUT2D eigenvalue weighted by Crippen LogP contribution is 2.36. The first-order valence-electron chi connectivity index (χ1n) is 11.1. The lowest BCUT2D eigenvalue weighted by Gasteiger charge is -2.23. The molecule has 0 spiro atoms. The van der Waals surface area contributed by atoms with Gasteiger partial charge in [-0.15, -0.1) is 5.10 Å². The Balaban J connectivity index is 1.62. The first kappa shape index (κ1) is 25.5. The first-order valence-corrected chi connectivity index (χ1v) is 11.5. The summed E-state index contributed by atoms with van der Waals surface area (Å²) in [5, 5.41) is 7.32. The summed E-state index contributed by atoms with van der Waals surface area (Å²) in [4.78, 5) is 39.9. The Hall–Kier alpha value is -3.60. The third kappa shape index (κ3) is 5.46. The van der Waals surface area contributed by atoms with Gasteiger partial charge in [0.15, 0.2) is 5.82 Å². The van der Waals surface area contributed by atoms with Gasteiger partial charge in [0.1, 0.15) is 12.6 Å². The van der Waals surface area contributed by atoms with Crippen LogP contribution in [0.15, 0.2) is 53.3 Å². The number of carbonyl (C=O) groups excluding carboxylic acids is 2. The molecule has 0 bridgehead atoms. The van der Waals surface area contributed by atoms with Crippen molar-refractivity contribution in [2.24, 2.45) is 0 Å². The van der Waals surface area contributed by atoms with Gasteiger partial charge in [-0.2, -0.15) is 13.2 Å². The lowest BCUT2D eigenvalue weighted by Crippen LogP contribution is -2.42. The number of likely N-dealkylation sites (N-methyl/N-ethyl adjacent to an activating group) is 1. The largest absolute Gasteiger partial charge is 0.416 e. The molecule has 1 fully saturated rings. The fourth-order valence-corrected chi connectivity index (χ4v) is 3.89. The number of nitrogens with zero attached hydrogens (tertiary/aromatic N) is 4. The topological polar surface area (TPSA) is 89.2 Å². The molecule has 1 saturated carbocycles. The van der Waals surface area contributed by atoms with Crippen molar-refractivity contribution in [2.45, 2.75) is 37.6 Å². The SMILES string of the molecule is CN(C)C(=O)C(NC(=O)Cn1nc(-c2ccc(Cl)cc2)n(C2CC2)c1=O)c1cccc(C(F)(F)F)c1. The van der Waals surface area contributed by atoms with Gasteiger partial charge in [0.2, 0.25) is 11.8 Å². The van der Waals surface area contributed by atoms with Crippen molar-refractivity contribution >= 4 is 23.4 Å². The summed E-state index contributed by atoms with van der Waals surface area (Å²) < 4.78 is 42.2. The average Bonchev–Trinajstić information content (AvgIpc) is 3.61. The highest BCUT2D eigenvalue weighted by atomic mass is 35.5. The minimum Gasteiger partial charge on any atom is -0.347 e. The number of benzene rings is 2.